The predicted molar refractivity (Wildman–Crippen MR) is 63.3 cm³/mol. The average molecular weight is 223 g/mol. The van der Waals surface area contributed by atoms with Crippen molar-refractivity contribution < 1.29 is 4.42 Å². The molecule has 1 fully saturated rings. The minimum Gasteiger partial charge on any atom is -0.449 e. The van der Waals surface area contributed by atoms with E-state index in [0.29, 0.717) is 18.4 Å². The molecule has 2 atom stereocenters. The second-order valence-corrected chi connectivity index (χ2v) is 4.72. The molecule has 1 aliphatic heterocycles. The van der Waals surface area contributed by atoms with Crippen LogP contribution in [0.15, 0.2) is 10.7 Å². The molecule has 1 aliphatic rings. The first kappa shape index (κ1) is 11.6. The average Bonchev–Trinajstić information content (AvgIpc) is 2.78. The molecule has 1 aromatic rings. The van der Waals surface area contributed by atoms with E-state index in [1.165, 1.54) is 12.8 Å². The Morgan fingerprint density at radius 3 is 3.25 bits per heavy atom. The number of nitrogens with zero attached hydrogens (tertiary/aromatic N) is 1. The third-order valence-corrected chi connectivity index (χ3v) is 3.29. The Morgan fingerprint density at radius 1 is 1.69 bits per heavy atom. The van der Waals surface area contributed by atoms with E-state index in [1.54, 1.807) is 6.26 Å². The molecule has 1 aromatic heterocycles. The number of hydrogen-bond acceptors (Lipinski definition) is 4. The van der Waals surface area contributed by atoms with Crippen LogP contribution in [0.3, 0.4) is 0 Å². The Hall–Kier alpha value is -0.870. The van der Waals surface area contributed by atoms with Crippen LogP contribution in [0.4, 0.5) is 0 Å². The van der Waals surface area contributed by atoms with Crippen LogP contribution in [0.1, 0.15) is 37.3 Å². The van der Waals surface area contributed by atoms with E-state index in [1.807, 2.05) is 0 Å². The Labute approximate surface area is 96.6 Å². The van der Waals surface area contributed by atoms with Gasteiger partial charge in [-0.25, -0.2) is 4.98 Å². The Morgan fingerprint density at radius 2 is 2.56 bits per heavy atom. The van der Waals surface area contributed by atoms with Crippen LogP contribution in [0, 0.1) is 5.92 Å². The van der Waals surface area contributed by atoms with Gasteiger partial charge in [0.15, 0.2) is 5.89 Å². The van der Waals surface area contributed by atoms with Crippen LogP contribution in [-0.4, -0.2) is 24.6 Å². The van der Waals surface area contributed by atoms with Crippen molar-refractivity contribution in [1.82, 2.24) is 10.3 Å². The first-order valence-electron chi connectivity index (χ1n) is 6.14. The van der Waals surface area contributed by atoms with Gasteiger partial charge in [-0.05, 0) is 31.8 Å². The molecule has 0 saturated carbocycles. The van der Waals surface area contributed by atoms with Crippen LogP contribution < -0.4 is 11.1 Å². The number of hydrogen-bond donors (Lipinski definition) is 2. The number of piperidine rings is 1. The Bertz CT molecular complexity index is 318. The van der Waals surface area contributed by atoms with Crippen molar-refractivity contribution in [2.45, 2.75) is 32.1 Å². The maximum Gasteiger partial charge on any atom is 0.194 e. The largest absolute Gasteiger partial charge is 0.449 e. The molecule has 90 valence electrons. The quantitative estimate of drug-likeness (QED) is 0.807. The summed E-state index contributed by atoms with van der Waals surface area (Å²) in [7, 11) is 0. The fourth-order valence-corrected chi connectivity index (χ4v) is 2.11. The van der Waals surface area contributed by atoms with Gasteiger partial charge >= 0.3 is 0 Å². The van der Waals surface area contributed by atoms with E-state index < -0.39 is 0 Å². The summed E-state index contributed by atoms with van der Waals surface area (Å²) in [5.41, 5.74) is 6.59. The SMILES string of the molecule is CC(CN)c1coc(CC2CCCNC2)n1. The summed E-state index contributed by atoms with van der Waals surface area (Å²) in [5.74, 6) is 1.83. The predicted octanol–water partition coefficient (Wildman–Crippen LogP) is 1.28. The molecule has 4 heteroatoms. The molecule has 0 radical (unpaired) electrons. The zero-order valence-electron chi connectivity index (χ0n) is 9.91. The van der Waals surface area contributed by atoms with Gasteiger partial charge in [0.25, 0.3) is 0 Å². The van der Waals surface area contributed by atoms with Crippen molar-refractivity contribution in [3.8, 4) is 0 Å². The number of nitrogens with one attached hydrogen (secondary N) is 1. The topological polar surface area (TPSA) is 64.1 Å². The maximum absolute atomic E-state index is 5.61. The molecular weight excluding hydrogens is 202 g/mol. The zero-order valence-corrected chi connectivity index (χ0v) is 9.91. The van der Waals surface area contributed by atoms with Crippen molar-refractivity contribution in [3.05, 3.63) is 17.8 Å². The second-order valence-electron chi connectivity index (χ2n) is 4.72. The van der Waals surface area contributed by atoms with Gasteiger partial charge in [0.1, 0.15) is 6.26 Å². The number of nitrogens with two attached hydrogens (primary N) is 1. The van der Waals surface area contributed by atoms with Gasteiger partial charge in [0.2, 0.25) is 0 Å². The molecule has 2 rings (SSSR count). The molecule has 3 N–H and O–H groups in total. The maximum atomic E-state index is 5.61. The van der Waals surface area contributed by atoms with E-state index in [9.17, 15) is 0 Å². The second kappa shape index (κ2) is 5.46. The lowest BCUT2D eigenvalue weighted by atomic mass is 9.96. The molecule has 4 nitrogen and oxygen atoms in total. The van der Waals surface area contributed by atoms with Crippen LogP contribution in [0.5, 0.6) is 0 Å². The van der Waals surface area contributed by atoms with Crippen molar-refractivity contribution >= 4 is 0 Å². The third-order valence-electron chi connectivity index (χ3n) is 3.29. The summed E-state index contributed by atoms with van der Waals surface area (Å²) < 4.78 is 5.50. The van der Waals surface area contributed by atoms with E-state index in [-0.39, 0.29) is 0 Å². The number of oxazole rings is 1. The highest BCUT2D eigenvalue weighted by molar-refractivity contribution is 5.04. The van der Waals surface area contributed by atoms with Crippen LogP contribution >= 0.6 is 0 Å². The van der Waals surface area contributed by atoms with Crippen molar-refractivity contribution in [2.24, 2.45) is 11.7 Å². The van der Waals surface area contributed by atoms with Crippen LogP contribution in [-0.2, 0) is 6.42 Å². The number of rotatable bonds is 4. The lowest BCUT2D eigenvalue weighted by molar-refractivity contribution is 0.345. The Kier molecular flexibility index (Phi) is 3.96. The highest BCUT2D eigenvalue weighted by atomic mass is 16.3. The van der Waals surface area contributed by atoms with E-state index in [0.717, 1.165) is 31.1 Å². The van der Waals surface area contributed by atoms with Gasteiger partial charge in [0.05, 0.1) is 5.69 Å². The first-order valence-corrected chi connectivity index (χ1v) is 6.14. The monoisotopic (exact) mass is 223 g/mol. The summed E-state index contributed by atoms with van der Waals surface area (Å²) in [6, 6.07) is 0. The van der Waals surface area contributed by atoms with Crippen molar-refractivity contribution in [3.63, 3.8) is 0 Å². The lowest BCUT2D eigenvalue weighted by Crippen LogP contribution is -2.30. The van der Waals surface area contributed by atoms with Gasteiger partial charge in [-0.3, -0.25) is 0 Å². The standard InChI is InChI=1S/C12H21N3O/c1-9(6-13)11-8-16-12(15-11)5-10-3-2-4-14-7-10/h8-10,14H,2-7,13H2,1H3. The van der Waals surface area contributed by atoms with E-state index >= 15 is 0 Å². The summed E-state index contributed by atoms with van der Waals surface area (Å²) in [6.45, 7) is 4.93. The molecule has 0 aromatic carbocycles. The molecule has 2 heterocycles. The molecular formula is C12H21N3O. The summed E-state index contributed by atoms with van der Waals surface area (Å²) in [5, 5.41) is 3.41. The summed E-state index contributed by atoms with van der Waals surface area (Å²) in [4.78, 5) is 4.50. The molecule has 2 unspecified atom stereocenters. The fourth-order valence-electron chi connectivity index (χ4n) is 2.11. The van der Waals surface area contributed by atoms with Crippen molar-refractivity contribution in [2.75, 3.05) is 19.6 Å². The highest BCUT2D eigenvalue weighted by Gasteiger charge is 2.17. The normalized spacial score (nSPS) is 23.2. The van der Waals surface area contributed by atoms with Gasteiger partial charge in [0, 0.05) is 18.9 Å². The Balaban J connectivity index is 1.91. The number of aromatic nitrogens is 1. The van der Waals surface area contributed by atoms with Crippen LogP contribution in [0.25, 0.3) is 0 Å². The summed E-state index contributed by atoms with van der Waals surface area (Å²) >= 11 is 0. The van der Waals surface area contributed by atoms with Gasteiger partial charge in [-0.2, -0.15) is 0 Å². The van der Waals surface area contributed by atoms with E-state index in [2.05, 4.69) is 17.2 Å². The smallest absolute Gasteiger partial charge is 0.194 e. The van der Waals surface area contributed by atoms with Crippen molar-refractivity contribution in [1.29, 1.82) is 0 Å². The minimum absolute atomic E-state index is 0.294. The summed E-state index contributed by atoms with van der Waals surface area (Å²) in [6.07, 6.45) is 5.24. The van der Waals surface area contributed by atoms with E-state index in [4.69, 9.17) is 10.2 Å². The van der Waals surface area contributed by atoms with Crippen LogP contribution in [0.2, 0.25) is 0 Å². The molecule has 0 spiro atoms. The fraction of sp³-hybridized carbons (Fsp3) is 0.750. The van der Waals surface area contributed by atoms with Gasteiger partial charge in [-0.1, -0.05) is 6.92 Å². The molecule has 0 aliphatic carbocycles. The molecule has 0 amide bonds. The highest BCUT2D eigenvalue weighted by Crippen LogP contribution is 2.18. The molecule has 1 saturated heterocycles. The lowest BCUT2D eigenvalue weighted by Gasteiger charge is -2.21. The molecule has 0 bridgehead atoms. The van der Waals surface area contributed by atoms with Gasteiger partial charge in [-0.15, -0.1) is 0 Å². The van der Waals surface area contributed by atoms with Gasteiger partial charge < -0.3 is 15.5 Å². The molecule has 16 heavy (non-hydrogen) atoms. The third kappa shape index (κ3) is 2.83. The minimum atomic E-state index is 0.294. The first-order chi connectivity index (χ1) is 7.79. The zero-order chi connectivity index (χ0) is 11.4.